The van der Waals surface area contributed by atoms with Crippen LogP contribution in [0.3, 0.4) is 0 Å². The van der Waals surface area contributed by atoms with E-state index in [1.54, 1.807) is 0 Å². The van der Waals surface area contributed by atoms with Crippen LogP contribution in [0.2, 0.25) is 0 Å². The summed E-state index contributed by atoms with van der Waals surface area (Å²) in [6.45, 7) is 6.07. The molecule has 0 radical (unpaired) electrons. The smallest absolute Gasteiger partial charge is 0.251 e. The maximum atomic E-state index is 13.2. The molecule has 142 valence electrons. The Morgan fingerprint density at radius 2 is 1.88 bits per heavy atom. The van der Waals surface area contributed by atoms with E-state index >= 15 is 0 Å². The number of nitrogens with zero attached hydrogens (tertiary/aromatic N) is 2. The van der Waals surface area contributed by atoms with Crippen LogP contribution in [-0.2, 0) is 9.53 Å². The van der Waals surface area contributed by atoms with Gasteiger partial charge in [-0.2, -0.15) is 0 Å². The molecular weight excluding hydrogens is 337 g/mol. The minimum atomic E-state index is -0.466. The van der Waals surface area contributed by atoms with Gasteiger partial charge in [-0.05, 0) is 37.0 Å². The number of morpholine rings is 1. The average Bonchev–Trinajstić information content (AvgIpc) is 2.67. The van der Waals surface area contributed by atoms with Crippen molar-refractivity contribution in [2.45, 2.75) is 12.8 Å². The van der Waals surface area contributed by atoms with Gasteiger partial charge >= 0.3 is 0 Å². The Bertz CT molecular complexity index is 626. The van der Waals surface area contributed by atoms with Crippen LogP contribution in [0.15, 0.2) is 24.3 Å². The summed E-state index contributed by atoms with van der Waals surface area (Å²) >= 11 is 0. The first-order valence-electron chi connectivity index (χ1n) is 9.23. The maximum absolute atomic E-state index is 13.2. The molecule has 1 aromatic carbocycles. The predicted octanol–water partition coefficient (Wildman–Crippen LogP) is 1.13. The molecule has 0 bridgehead atoms. The van der Waals surface area contributed by atoms with Crippen LogP contribution in [0.5, 0.6) is 0 Å². The van der Waals surface area contributed by atoms with Crippen LogP contribution in [0, 0.1) is 11.7 Å². The van der Waals surface area contributed by atoms with E-state index in [1.165, 1.54) is 18.2 Å². The van der Waals surface area contributed by atoms with Crippen LogP contribution < -0.4 is 5.32 Å². The van der Waals surface area contributed by atoms with Crippen LogP contribution in [0.1, 0.15) is 23.2 Å². The normalized spacial score (nSPS) is 19.3. The molecule has 1 aromatic rings. The van der Waals surface area contributed by atoms with Gasteiger partial charge in [0.15, 0.2) is 0 Å². The average molecular weight is 363 g/mol. The Balaban J connectivity index is 1.38. The van der Waals surface area contributed by atoms with Crippen molar-refractivity contribution in [2.75, 3.05) is 52.5 Å². The Hall–Kier alpha value is -1.99. The summed E-state index contributed by atoms with van der Waals surface area (Å²) in [7, 11) is 0. The third-order valence-electron chi connectivity index (χ3n) is 5.07. The minimum Gasteiger partial charge on any atom is -0.379 e. The molecule has 3 rings (SSSR count). The highest BCUT2D eigenvalue weighted by atomic mass is 19.1. The molecule has 0 saturated carbocycles. The van der Waals surface area contributed by atoms with Gasteiger partial charge in [-0.25, -0.2) is 4.39 Å². The zero-order valence-electron chi connectivity index (χ0n) is 15.0. The van der Waals surface area contributed by atoms with Crippen LogP contribution in [-0.4, -0.2) is 74.1 Å². The Morgan fingerprint density at radius 1 is 1.15 bits per heavy atom. The predicted molar refractivity (Wildman–Crippen MR) is 95.3 cm³/mol. The number of ether oxygens (including phenoxy) is 1. The van der Waals surface area contributed by atoms with Crippen molar-refractivity contribution in [3.05, 3.63) is 35.6 Å². The fourth-order valence-electron chi connectivity index (χ4n) is 3.51. The largest absolute Gasteiger partial charge is 0.379 e. The molecule has 0 aliphatic carbocycles. The van der Waals surface area contributed by atoms with Crippen LogP contribution >= 0.6 is 0 Å². The SMILES string of the molecule is O=C(NCC(=O)N1CCC(CN2CCOCC2)CC1)c1cccc(F)c1. The van der Waals surface area contributed by atoms with Crippen molar-refractivity contribution in [2.24, 2.45) is 5.92 Å². The number of carbonyl (C=O) groups is 2. The van der Waals surface area contributed by atoms with E-state index < -0.39 is 11.7 Å². The molecule has 0 unspecified atom stereocenters. The van der Waals surface area contributed by atoms with Crippen molar-refractivity contribution in [1.82, 2.24) is 15.1 Å². The molecule has 2 saturated heterocycles. The standard InChI is InChI=1S/C19H26FN3O3/c20-17-3-1-2-16(12-17)19(25)21-13-18(24)23-6-4-15(5-7-23)14-22-8-10-26-11-9-22/h1-3,12,15H,4-11,13-14H2,(H,21,25). The Kier molecular flexibility index (Phi) is 6.57. The minimum absolute atomic E-state index is 0.0521. The summed E-state index contributed by atoms with van der Waals surface area (Å²) in [6, 6.07) is 5.45. The summed E-state index contributed by atoms with van der Waals surface area (Å²) in [4.78, 5) is 28.5. The molecule has 26 heavy (non-hydrogen) atoms. The van der Waals surface area contributed by atoms with Gasteiger partial charge in [-0.1, -0.05) is 6.07 Å². The highest BCUT2D eigenvalue weighted by Crippen LogP contribution is 2.19. The molecule has 0 spiro atoms. The third-order valence-corrected chi connectivity index (χ3v) is 5.07. The molecule has 2 amide bonds. The number of halogens is 1. The second-order valence-corrected chi connectivity index (χ2v) is 6.93. The van der Waals surface area contributed by atoms with Crippen molar-refractivity contribution in [1.29, 1.82) is 0 Å². The summed E-state index contributed by atoms with van der Waals surface area (Å²) in [6.07, 6.45) is 1.97. The van der Waals surface area contributed by atoms with Gasteiger partial charge in [-0.15, -0.1) is 0 Å². The lowest BCUT2D eigenvalue weighted by Gasteiger charge is -2.36. The molecule has 2 fully saturated rings. The zero-order valence-corrected chi connectivity index (χ0v) is 15.0. The molecule has 2 heterocycles. The first-order chi connectivity index (χ1) is 12.6. The molecule has 0 aromatic heterocycles. The van der Waals surface area contributed by atoms with E-state index in [0.29, 0.717) is 5.92 Å². The highest BCUT2D eigenvalue weighted by molar-refractivity contribution is 5.96. The number of piperidine rings is 1. The summed E-state index contributed by atoms with van der Waals surface area (Å²) < 4.78 is 18.5. The lowest BCUT2D eigenvalue weighted by Crippen LogP contribution is -2.46. The van der Waals surface area contributed by atoms with Crippen molar-refractivity contribution in [3.8, 4) is 0 Å². The van der Waals surface area contributed by atoms with E-state index in [0.717, 1.165) is 64.8 Å². The van der Waals surface area contributed by atoms with E-state index in [-0.39, 0.29) is 18.0 Å². The van der Waals surface area contributed by atoms with Gasteiger partial charge < -0.3 is 15.0 Å². The van der Waals surface area contributed by atoms with E-state index in [2.05, 4.69) is 10.2 Å². The van der Waals surface area contributed by atoms with Crippen LogP contribution in [0.4, 0.5) is 4.39 Å². The number of carbonyl (C=O) groups excluding carboxylic acids is 2. The van der Waals surface area contributed by atoms with Gasteiger partial charge in [0.05, 0.1) is 19.8 Å². The number of rotatable bonds is 5. The quantitative estimate of drug-likeness (QED) is 0.852. The van der Waals surface area contributed by atoms with E-state index in [4.69, 9.17) is 4.74 Å². The molecule has 2 aliphatic rings. The number of hydrogen-bond donors (Lipinski definition) is 1. The number of hydrogen-bond acceptors (Lipinski definition) is 4. The monoisotopic (exact) mass is 363 g/mol. The van der Waals surface area contributed by atoms with E-state index in [9.17, 15) is 14.0 Å². The first kappa shape index (κ1) is 18.8. The molecule has 7 heteroatoms. The molecular formula is C19H26FN3O3. The molecule has 6 nitrogen and oxygen atoms in total. The fraction of sp³-hybridized carbons (Fsp3) is 0.579. The van der Waals surface area contributed by atoms with Gasteiger partial charge in [0.1, 0.15) is 5.82 Å². The maximum Gasteiger partial charge on any atom is 0.251 e. The van der Waals surface area contributed by atoms with E-state index in [1.807, 2.05) is 4.90 Å². The summed E-state index contributed by atoms with van der Waals surface area (Å²) in [5.74, 6) is -0.370. The fourth-order valence-corrected chi connectivity index (χ4v) is 3.51. The number of nitrogens with one attached hydrogen (secondary N) is 1. The number of amides is 2. The van der Waals surface area contributed by atoms with Crippen molar-refractivity contribution < 1.29 is 18.7 Å². The molecule has 2 aliphatic heterocycles. The summed E-state index contributed by atoms with van der Waals surface area (Å²) in [5.41, 5.74) is 0.224. The van der Waals surface area contributed by atoms with Gasteiger partial charge in [0.25, 0.3) is 5.91 Å². The van der Waals surface area contributed by atoms with Crippen molar-refractivity contribution in [3.63, 3.8) is 0 Å². The van der Waals surface area contributed by atoms with Gasteiger partial charge in [0, 0.05) is 38.3 Å². The Morgan fingerprint density at radius 3 is 2.58 bits per heavy atom. The zero-order chi connectivity index (χ0) is 18.4. The topological polar surface area (TPSA) is 61.9 Å². The Labute approximate surface area is 153 Å². The second-order valence-electron chi connectivity index (χ2n) is 6.93. The molecule has 1 N–H and O–H groups in total. The number of benzene rings is 1. The van der Waals surface area contributed by atoms with Crippen molar-refractivity contribution >= 4 is 11.8 Å². The third kappa shape index (κ3) is 5.25. The lowest BCUT2D eigenvalue weighted by atomic mass is 9.96. The summed E-state index contributed by atoms with van der Waals surface area (Å²) in [5, 5.41) is 2.58. The second kappa shape index (κ2) is 9.09. The highest BCUT2D eigenvalue weighted by Gasteiger charge is 2.25. The first-order valence-corrected chi connectivity index (χ1v) is 9.23. The lowest BCUT2D eigenvalue weighted by molar-refractivity contribution is -0.131. The van der Waals surface area contributed by atoms with Gasteiger partial charge in [0.2, 0.25) is 5.91 Å². The van der Waals surface area contributed by atoms with Crippen LogP contribution in [0.25, 0.3) is 0 Å². The molecule has 0 atom stereocenters. The number of likely N-dealkylation sites (tertiary alicyclic amines) is 1. The van der Waals surface area contributed by atoms with Gasteiger partial charge in [-0.3, -0.25) is 14.5 Å².